The van der Waals surface area contributed by atoms with E-state index in [-0.39, 0.29) is 24.5 Å². The minimum atomic E-state index is -0.876. The van der Waals surface area contributed by atoms with Crippen molar-refractivity contribution in [3.05, 3.63) is 0 Å². The summed E-state index contributed by atoms with van der Waals surface area (Å²) in [5.41, 5.74) is -0.876. The molecule has 1 aliphatic rings. The van der Waals surface area contributed by atoms with Gasteiger partial charge in [0.15, 0.2) is 0 Å². The highest BCUT2D eigenvalue weighted by Gasteiger charge is 2.26. The molecule has 2 atom stereocenters. The van der Waals surface area contributed by atoms with E-state index < -0.39 is 5.60 Å². The molecule has 19 heavy (non-hydrogen) atoms. The van der Waals surface area contributed by atoms with Gasteiger partial charge in [-0.05, 0) is 38.5 Å². The molecule has 5 heteroatoms. The van der Waals surface area contributed by atoms with E-state index in [9.17, 15) is 9.90 Å². The zero-order valence-electron chi connectivity index (χ0n) is 12.5. The molecule has 0 aromatic rings. The van der Waals surface area contributed by atoms with E-state index in [1.54, 1.807) is 6.92 Å². The molecule has 2 amide bonds. The second-order valence-electron chi connectivity index (χ2n) is 6.08. The quantitative estimate of drug-likeness (QED) is 0.710. The molecule has 1 aliphatic heterocycles. The van der Waals surface area contributed by atoms with Crippen LogP contribution in [-0.2, 0) is 4.74 Å². The molecule has 0 spiro atoms. The van der Waals surface area contributed by atoms with Crippen LogP contribution >= 0.6 is 0 Å². The Hall–Kier alpha value is -0.810. The Morgan fingerprint density at radius 3 is 2.47 bits per heavy atom. The van der Waals surface area contributed by atoms with Gasteiger partial charge in [-0.25, -0.2) is 4.79 Å². The summed E-state index contributed by atoms with van der Waals surface area (Å²) in [6.07, 6.45) is 1.98. The Labute approximate surface area is 116 Å². The minimum absolute atomic E-state index is 0.0979. The van der Waals surface area contributed by atoms with E-state index in [1.165, 1.54) is 0 Å². The first-order chi connectivity index (χ1) is 8.83. The molecule has 112 valence electrons. The van der Waals surface area contributed by atoms with Crippen LogP contribution in [0.5, 0.6) is 0 Å². The number of rotatable bonds is 5. The summed E-state index contributed by atoms with van der Waals surface area (Å²) in [4.78, 5) is 11.8. The van der Waals surface area contributed by atoms with Gasteiger partial charge in [0.05, 0.1) is 5.60 Å². The van der Waals surface area contributed by atoms with Gasteiger partial charge in [-0.15, -0.1) is 0 Å². The Balaban J connectivity index is 2.30. The smallest absolute Gasteiger partial charge is 0.315 e. The van der Waals surface area contributed by atoms with Crippen molar-refractivity contribution in [2.24, 2.45) is 11.8 Å². The number of aliphatic hydroxyl groups is 1. The maximum Gasteiger partial charge on any atom is 0.315 e. The van der Waals surface area contributed by atoms with Gasteiger partial charge in [-0.1, -0.05) is 13.8 Å². The van der Waals surface area contributed by atoms with Crippen molar-refractivity contribution < 1.29 is 14.6 Å². The maximum atomic E-state index is 11.8. The fourth-order valence-electron chi connectivity index (χ4n) is 2.05. The average Bonchev–Trinajstić information content (AvgIpc) is 2.37. The fraction of sp³-hybridized carbons (Fsp3) is 0.929. The highest BCUT2D eigenvalue weighted by atomic mass is 16.5. The largest absolute Gasteiger partial charge is 0.388 e. The van der Waals surface area contributed by atoms with Gasteiger partial charge in [0.2, 0.25) is 0 Å². The van der Waals surface area contributed by atoms with Crippen LogP contribution in [0, 0.1) is 11.8 Å². The summed E-state index contributed by atoms with van der Waals surface area (Å²) < 4.78 is 5.31. The standard InChI is InChI=1S/C14H28N2O3/c1-10(2)14(4,18)9-15-13(17)16-11(3)12-5-7-19-8-6-12/h10-12,18H,5-9H2,1-4H3,(H2,15,16,17). The first-order valence-corrected chi connectivity index (χ1v) is 7.17. The number of urea groups is 1. The van der Waals surface area contributed by atoms with Crippen LogP contribution < -0.4 is 10.6 Å². The summed E-state index contributed by atoms with van der Waals surface area (Å²) in [5, 5.41) is 15.8. The van der Waals surface area contributed by atoms with E-state index in [2.05, 4.69) is 10.6 Å². The molecule has 1 saturated heterocycles. The lowest BCUT2D eigenvalue weighted by molar-refractivity contribution is 0.0163. The van der Waals surface area contributed by atoms with Crippen molar-refractivity contribution >= 4 is 6.03 Å². The normalized spacial score (nSPS) is 21.8. The molecule has 3 N–H and O–H groups in total. The Kier molecular flexibility index (Phi) is 6.07. The molecular formula is C14H28N2O3. The highest BCUT2D eigenvalue weighted by molar-refractivity contribution is 5.74. The molecule has 5 nitrogen and oxygen atoms in total. The number of hydrogen-bond donors (Lipinski definition) is 3. The number of carbonyl (C=O) groups excluding carboxylic acids is 1. The fourth-order valence-corrected chi connectivity index (χ4v) is 2.05. The van der Waals surface area contributed by atoms with Crippen LogP contribution in [0.1, 0.15) is 40.5 Å². The van der Waals surface area contributed by atoms with Crippen molar-refractivity contribution in [3.8, 4) is 0 Å². The lowest BCUT2D eigenvalue weighted by atomic mass is 9.92. The van der Waals surface area contributed by atoms with Gasteiger partial charge < -0.3 is 20.5 Å². The summed E-state index contributed by atoms with van der Waals surface area (Å²) in [5.74, 6) is 0.575. The van der Waals surface area contributed by atoms with Gasteiger partial charge in [-0.2, -0.15) is 0 Å². The van der Waals surface area contributed by atoms with Crippen LogP contribution in [0.2, 0.25) is 0 Å². The lowest BCUT2D eigenvalue weighted by Crippen LogP contribution is -2.50. The average molecular weight is 272 g/mol. The molecular weight excluding hydrogens is 244 g/mol. The van der Waals surface area contributed by atoms with Gasteiger partial charge in [0.1, 0.15) is 0 Å². The number of amides is 2. The Bertz CT molecular complexity index is 286. The Morgan fingerprint density at radius 1 is 1.37 bits per heavy atom. The number of ether oxygens (including phenoxy) is 1. The van der Waals surface area contributed by atoms with E-state index in [1.807, 2.05) is 20.8 Å². The lowest BCUT2D eigenvalue weighted by Gasteiger charge is -2.30. The topological polar surface area (TPSA) is 70.6 Å². The van der Waals surface area contributed by atoms with E-state index in [4.69, 9.17) is 4.74 Å². The zero-order valence-corrected chi connectivity index (χ0v) is 12.5. The maximum absolute atomic E-state index is 11.8. The third-order valence-electron chi connectivity index (χ3n) is 4.18. The Morgan fingerprint density at radius 2 is 1.95 bits per heavy atom. The molecule has 0 bridgehead atoms. The van der Waals surface area contributed by atoms with E-state index in [0.717, 1.165) is 26.1 Å². The van der Waals surface area contributed by atoms with Crippen molar-refractivity contribution in [1.82, 2.24) is 10.6 Å². The van der Waals surface area contributed by atoms with Crippen molar-refractivity contribution in [2.45, 2.75) is 52.2 Å². The van der Waals surface area contributed by atoms with Crippen LogP contribution in [0.15, 0.2) is 0 Å². The minimum Gasteiger partial charge on any atom is -0.388 e. The highest BCUT2D eigenvalue weighted by Crippen LogP contribution is 2.18. The summed E-state index contributed by atoms with van der Waals surface area (Å²) >= 11 is 0. The molecule has 0 aliphatic carbocycles. The van der Waals surface area contributed by atoms with Crippen LogP contribution in [-0.4, -0.2) is 42.5 Å². The monoisotopic (exact) mass is 272 g/mol. The molecule has 0 aromatic carbocycles. The molecule has 0 radical (unpaired) electrons. The first kappa shape index (κ1) is 16.2. The molecule has 1 heterocycles. The van der Waals surface area contributed by atoms with Gasteiger partial charge in [0, 0.05) is 25.8 Å². The zero-order chi connectivity index (χ0) is 14.5. The predicted octanol–water partition coefficient (Wildman–Crippen LogP) is 1.51. The van der Waals surface area contributed by atoms with Crippen LogP contribution in [0.25, 0.3) is 0 Å². The van der Waals surface area contributed by atoms with Gasteiger partial charge in [0.25, 0.3) is 0 Å². The first-order valence-electron chi connectivity index (χ1n) is 7.17. The summed E-state index contributed by atoms with van der Waals surface area (Å²) in [6, 6.07) is -0.0761. The number of nitrogens with one attached hydrogen (secondary N) is 2. The van der Waals surface area contributed by atoms with E-state index >= 15 is 0 Å². The van der Waals surface area contributed by atoms with Crippen LogP contribution in [0.4, 0.5) is 4.79 Å². The number of hydrogen-bond acceptors (Lipinski definition) is 3. The second kappa shape index (κ2) is 7.10. The molecule has 0 aromatic heterocycles. The summed E-state index contributed by atoms with van der Waals surface area (Å²) in [7, 11) is 0. The van der Waals surface area contributed by atoms with Crippen LogP contribution in [0.3, 0.4) is 0 Å². The van der Waals surface area contributed by atoms with Crippen molar-refractivity contribution in [1.29, 1.82) is 0 Å². The van der Waals surface area contributed by atoms with E-state index in [0.29, 0.717) is 5.92 Å². The van der Waals surface area contributed by atoms with Crippen molar-refractivity contribution in [3.63, 3.8) is 0 Å². The summed E-state index contributed by atoms with van der Waals surface area (Å²) in [6.45, 7) is 9.45. The molecule has 2 unspecified atom stereocenters. The van der Waals surface area contributed by atoms with Gasteiger partial charge >= 0.3 is 6.03 Å². The third kappa shape index (κ3) is 5.37. The third-order valence-corrected chi connectivity index (χ3v) is 4.18. The molecule has 1 fully saturated rings. The number of carbonyl (C=O) groups is 1. The van der Waals surface area contributed by atoms with Crippen molar-refractivity contribution in [2.75, 3.05) is 19.8 Å². The molecule has 0 saturated carbocycles. The SMILES string of the molecule is CC(NC(=O)NCC(C)(O)C(C)C)C1CCOCC1. The predicted molar refractivity (Wildman–Crippen MR) is 75.0 cm³/mol. The molecule has 1 rings (SSSR count). The van der Waals surface area contributed by atoms with Gasteiger partial charge in [-0.3, -0.25) is 0 Å². The second-order valence-corrected chi connectivity index (χ2v) is 6.08.